The van der Waals surface area contributed by atoms with Gasteiger partial charge >= 0.3 is 12.4 Å². The van der Waals surface area contributed by atoms with Crippen molar-refractivity contribution in [2.75, 3.05) is 0 Å². The molecule has 0 spiro atoms. The molecule has 0 bridgehead atoms. The van der Waals surface area contributed by atoms with Crippen LogP contribution in [-0.2, 0) is 12.4 Å². The second-order valence-corrected chi connectivity index (χ2v) is 8.29. The number of alkyl halides is 6. The third-order valence-corrected chi connectivity index (χ3v) is 5.63. The van der Waals surface area contributed by atoms with Crippen LogP contribution in [0.1, 0.15) is 24.0 Å². The van der Waals surface area contributed by atoms with Gasteiger partial charge in [-0.15, -0.1) is 0 Å². The molecule has 2 heterocycles. The number of benzene rings is 2. The van der Waals surface area contributed by atoms with Gasteiger partial charge in [0.05, 0.1) is 47.3 Å². The van der Waals surface area contributed by atoms with E-state index in [0.29, 0.717) is 29.0 Å². The Balaban J connectivity index is 1.68. The van der Waals surface area contributed by atoms with Gasteiger partial charge in [-0.2, -0.15) is 26.3 Å². The van der Waals surface area contributed by atoms with Gasteiger partial charge in [0.25, 0.3) is 0 Å². The molecule has 4 nitrogen and oxygen atoms in total. The van der Waals surface area contributed by atoms with E-state index in [-0.39, 0.29) is 29.1 Å². The minimum Gasteiger partial charge on any atom is -0.490 e. The molecule has 0 amide bonds. The molecule has 11 heteroatoms. The quantitative estimate of drug-likeness (QED) is 0.266. The van der Waals surface area contributed by atoms with Gasteiger partial charge in [0.15, 0.2) is 0 Å². The van der Waals surface area contributed by atoms with Crippen LogP contribution >= 0.6 is 0 Å². The molecule has 0 saturated heterocycles. The van der Waals surface area contributed by atoms with Gasteiger partial charge in [-0.25, -0.2) is 9.37 Å². The van der Waals surface area contributed by atoms with Gasteiger partial charge in [0.1, 0.15) is 11.6 Å². The Hall–Kier alpha value is -3.89. The number of rotatable bonds is 5. The van der Waals surface area contributed by atoms with E-state index >= 15 is 0 Å². The van der Waals surface area contributed by atoms with Crippen LogP contribution in [0.2, 0.25) is 0 Å². The normalized spacial score (nSPS) is 14.2. The minimum atomic E-state index is -5.00. The van der Waals surface area contributed by atoms with Crippen molar-refractivity contribution in [2.24, 2.45) is 0 Å². The van der Waals surface area contributed by atoms with Crippen molar-refractivity contribution in [1.29, 1.82) is 0 Å². The number of halogens is 7. The van der Waals surface area contributed by atoms with Gasteiger partial charge in [0.2, 0.25) is 0 Å². The van der Waals surface area contributed by atoms with Crippen LogP contribution in [0.15, 0.2) is 67.4 Å². The van der Waals surface area contributed by atoms with Crippen molar-refractivity contribution in [3.63, 3.8) is 0 Å². The summed E-state index contributed by atoms with van der Waals surface area (Å²) in [7, 11) is 0. The van der Waals surface area contributed by atoms with E-state index in [4.69, 9.17) is 4.74 Å². The predicted octanol–water partition coefficient (Wildman–Crippen LogP) is 7.32. The maximum absolute atomic E-state index is 14.2. The Morgan fingerprint density at radius 3 is 2.14 bits per heavy atom. The van der Waals surface area contributed by atoms with Crippen LogP contribution in [0.4, 0.5) is 30.7 Å². The van der Waals surface area contributed by atoms with Crippen LogP contribution in [0.5, 0.6) is 5.75 Å². The smallest absolute Gasteiger partial charge is 0.416 e. The second-order valence-electron chi connectivity index (χ2n) is 8.29. The van der Waals surface area contributed by atoms with Crippen LogP contribution < -0.4 is 4.74 Å². The van der Waals surface area contributed by atoms with E-state index < -0.39 is 29.3 Å². The van der Waals surface area contributed by atoms with E-state index in [2.05, 4.69) is 9.97 Å². The van der Waals surface area contributed by atoms with Gasteiger partial charge in [0, 0.05) is 22.9 Å². The molecule has 0 unspecified atom stereocenters. The van der Waals surface area contributed by atoms with Crippen molar-refractivity contribution in [3.8, 4) is 33.8 Å². The Morgan fingerprint density at radius 2 is 1.50 bits per heavy atom. The number of imidazole rings is 1. The molecule has 0 atom stereocenters. The number of hydrogen-bond donors (Lipinski definition) is 0. The number of nitrogens with zero attached hydrogens (tertiary/aromatic N) is 3. The summed E-state index contributed by atoms with van der Waals surface area (Å²) in [5.74, 6) is -0.152. The lowest BCUT2D eigenvalue weighted by molar-refractivity contribution is -0.143. The van der Waals surface area contributed by atoms with Gasteiger partial charge < -0.3 is 4.74 Å². The topological polar surface area (TPSA) is 39.9 Å². The predicted molar refractivity (Wildman–Crippen MR) is 116 cm³/mol. The third kappa shape index (κ3) is 4.77. The van der Waals surface area contributed by atoms with Crippen molar-refractivity contribution < 1.29 is 35.5 Å². The zero-order valence-corrected chi connectivity index (χ0v) is 18.2. The molecule has 2 aromatic heterocycles. The van der Waals surface area contributed by atoms with Crippen molar-refractivity contribution >= 4 is 0 Å². The number of hydrogen-bond acceptors (Lipinski definition) is 3. The zero-order chi connectivity index (χ0) is 25.7. The zero-order valence-electron chi connectivity index (χ0n) is 18.2. The van der Waals surface area contributed by atoms with E-state index in [1.807, 2.05) is 0 Å². The summed E-state index contributed by atoms with van der Waals surface area (Å²) < 4.78 is 102. The first-order valence-electron chi connectivity index (χ1n) is 10.7. The third-order valence-electron chi connectivity index (χ3n) is 5.63. The van der Waals surface area contributed by atoms with Gasteiger partial charge in [-0.3, -0.25) is 9.55 Å². The fourth-order valence-electron chi connectivity index (χ4n) is 3.79. The average molecular weight is 507 g/mol. The molecule has 0 aliphatic heterocycles. The molecule has 2 aromatic carbocycles. The molecular weight excluding hydrogens is 491 g/mol. The highest BCUT2D eigenvalue weighted by molar-refractivity contribution is 5.79. The highest BCUT2D eigenvalue weighted by Gasteiger charge is 2.37. The molecule has 36 heavy (non-hydrogen) atoms. The van der Waals surface area contributed by atoms with Gasteiger partial charge in [-0.05, 0) is 55.3 Å². The lowest BCUT2D eigenvalue weighted by Crippen LogP contribution is -2.11. The standard InChI is InChI=1S/C25H16F7N3O/c26-17-1-4-23(36-18-2-3-18)20(10-17)19-5-6-33-12-22(19)35-13-34-11-21(35)14-7-15(24(27,28)29)9-16(8-14)25(30,31)32/h1,4-13,18H,2-3H2. The molecule has 1 saturated carbocycles. The molecule has 186 valence electrons. The maximum Gasteiger partial charge on any atom is 0.416 e. The molecule has 1 aliphatic rings. The van der Waals surface area contributed by atoms with Crippen LogP contribution in [0.3, 0.4) is 0 Å². The van der Waals surface area contributed by atoms with E-state index in [1.165, 1.54) is 41.5 Å². The molecule has 5 rings (SSSR count). The molecule has 0 N–H and O–H groups in total. The van der Waals surface area contributed by atoms with E-state index in [1.54, 1.807) is 6.07 Å². The first kappa shape index (κ1) is 23.8. The molecule has 1 fully saturated rings. The summed E-state index contributed by atoms with van der Waals surface area (Å²) in [5, 5.41) is 0. The Labute approximate surface area is 200 Å². The van der Waals surface area contributed by atoms with Crippen molar-refractivity contribution in [1.82, 2.24) is 14.5 Å². The van der Waals surface area contributed by atoms with Crippen LogP contribution in [0, 0.1) is 5.82 Å². The molecule has 0 radical (unpaired) electrons. The Kier molecular flexibility index (Phi) is 5.73. The summed E-state index contributed by atoms with van der Waals surface area (Å²) in [5.41, 5.74) is -2.25. The summed E-state index contributed by atoms with van der Waals surface area (Å²) >= 11 is 0. The van der Waals surface area contributed by atoms with E-state index in [0.717, 1.165) is 19.0 Å². The molecular formula is C25H16F7N3O. The lowest BCUT2D eigenvalue weighted by atomic mass is 10.0. The Bertz CT molecular complexity index is 1390. The summed E-state index contributed by atoms with van der Waals surface area (Å²) in [6.07, 6.45) is -3.12. The summed E-state index contributed by atoms with van der Waals surface area (Å²) in [6, 6.07) is 6.84. The minimum absolute atomic E-state index is 0.00537. The summed E-state index contributed by atoms with van der Waals surface area (Å²) in [6.45, 7) is 0. The van der Waals surface area contributed by atoms with Crippen molar-refractivity contribution in [3.05, 3.63) is 84.3 Å². The fraction of sp³-hybridized carbons (Fsp3) is 0.200. The highest BCUT2D eigenvalue weighted by atomic mass is 19.4. The van der Waals surface area contributed by atoms with Crippen LogP contribution in [0.25, 0.3) is 28.1 Å². The van der Waals surface area contributed by atoms with Crippen LogP contribution in [-0.4, -0.2) is 20.6 Å². The first-order chi connectivity index (χ1) is 17.0. The second kappa shape index (κ2) is 8.65. The molecule has 1 aliphatic carbocycles. The average Bonchev–Trinajstić information content (AvgIpc) is 3.50. The number of ether oxygens (including phenoxy) is 1. The van der Waals surface area contributed by atoms with Crippen molar-refractivity contribution in [2.45, 2.75) is 31.3 Å². The SMILES string of the molecule is Fc1ccc(OC2CC2)c(-c2ccncc2-n2cncc2-c2cc(C(F)(F)F)cc(C(F)(F)F)c2)c1. The first-order valence-corrected chi connectivity index (χ1v) is 10.7. The van der Waals surface area contributed by atoms with Gasteiger partial charge in [-0.1, -0.05) is 0 Å². The number of aromatic nitrogens is 3. The fourth-order valence-corrected chi connectivity index (χ4v) is 3.79. The Morgan fingerprint density at radius 1 is 0.806 bits per heavy atom. The summed E-state index contributed by atoms with van der Waals surface area (Å²) in [4.78, 5) is 8.02. The monoisotopic (exact) mass is 507 g/mol. The maximum atomic E-state index is 14.2. The molecule has 4 aromatic rings. The lowest BCUT2D eigenvalue weighted by Gasteiger charge is -2.18. The van der Waals surface area contributed by atoms with E-state index in [9.17, 15) is 30.7 Å². The largest absolute Gasteiger partial charge is 0.490 e. The number of pyridine rings is 1. The highest BCUT2D eigenvalue weighted by Crippen LogP contribution is 2.41.